The Bertz CT molecular complexity index is 715. The minimum absolute atomic E-state index is 0.0938. The number of H-pyrrole nitrogens is 1. The first-order chi connectivity index (χ1) is 10.2. The average molecular weight is 306 g/mol. The van der Waals surface area contributed by atoms with Gasteiger partial charge in [-0.1, -0.05) is 0 Å². The summed E-state index contributed by atoms with van der Waals surface area (Å²) in [6.45, 7) is 1.90. The number of methoxy groups -OCH3 is 1. The number of rotatable bonds is 3. The molecular formula is C14H18N4O2S. The molecule has 7 heteroatoms. The molecule has 1 aliphatic rings. The molecule has 0 aliphatic carbocycles. The third-order valence-corrected chi connectivity index (χ3v) is 4.13. The van der Waals surface area contributed by atoms with Crippen molar-refractivity contribution in [2.24, 2.45) is 0 Å². The number of aromatic nitrogens is 3. The quantitative estimate of drug-likeness (QED) is 0.882. The second-order valence-electron chi connectivity index (χ2n) is 5.18. The normalized spacial score (nSPS) is 15.4. The van der Waals surface area contributed by atoms with Gasteiger partial charge in [-0.25, -0.2) is 0 Å². The molecule has 21 heavy (non-hydrogen) atoms. The Labute approximate surface area is 127 Å². The maximum Gasteiger partial charge on any atom is 0.242 e. The molecule has 0 aromatic carbocycles. The highest BCUT2D eigenvalue weighted by atomic mass is 32.1. The summed E-state index contributed by atoms with van der Waals surface area (Å²) in [6.07, 6.45) is 3.36. The number of piperidine rings is 1. The SMILES string of the molecule is COc1ccc2[nH]c(=S)n(CC(=O)N3CCCCC3)c2n1. The predicted octanol–water partition coefficient (Wildman–Crippen LogP) is 2.11. The van der Waals surface area contributed by atoms with Gasteiger partial charge in [-0.05, 0) is 37.5 Å². The van der Waals surface area contributed by atoms with Gasteiger partial charge in [0.1, 0.15) is 6.54 Å². The van der Waals surface area contributed by atoms with Gasteiger partial charge in [-0.15, -0.1) is 0 Å². The minimum Gasteiger partial charge on any atom is -0.481 e. The molecule has 1 saturated heterocycles. The lowest BCUT2D eigenvalue weighted by Gasteiger charge is -2.26. The van der Waals surface area contributed by atoms with Gasteiger partial charge in [0.15, 0.2) is 10.4 Å². The van der Waals surface area contributed by atoms with E-state index in [0.29, 0.717) is 16.3 Å². The molecule has 2 aromatic rings. The van der Waals surface area contributed by atoms with Crippen molar-refractivity contribution >= 4 is 29.3 Å². The summed E-state index contributed by atoms with van der Waals surface area (Å²) >= 11 is 5.31. The molecule has 2 aromatic heterocycles. The molecule has 0 radical (unpaired) electrons. The zero-order chi connectivity index (χ0) is 14.8. The van der Waals surface area contributed by atoms with Gasteiger partial charge in [-0.2, -0.15) is 4.98 Å². The first-order valence-corrected chi connectivity index (χ1v) is 7.51. The van der Waals surface area contributed by atoms with E-state index >= 15 is 0 Å². The first-order valence-electron chi connectivity index (χ1n) is 7.10. The second kappa shape index (κ2) is 5.85. The van der Waals surface area contributed by atoms with Crippen LogP contribution in [0.4, 0.5) is 0 Å². The Hall–Kier alpha value is -1.89. The molecule has 0 unspecified atom stereocenters. The smallest absolute Gasteiger partial charge is 0.242 e. The van der Waals surface area contributed by atoms with Crippen LogP contribution in [-0.2, 0) is 11.3 Å². The monoisotopic (exact) mass is 306 g/mol. The number of amides is 1. The van der Waals surface area contributed by atoms with Crippen LogP contribution in [0, 0.1) is 4.77 Å². The number of hydrogen-bond acceptors (Lipinski definition) is 4. The van der Waals surface area contributed by atoms with E-state index < -0.39 is 0 Å². The highest BCUT2D eigenvalue weighted by Gasteiger charge is 2.18. The lowest BCUT2D eigenvalue weighted by Crippen LogP contribution is -2.37. The Kier molecular flexibility index (Phi) is 3.92. The summed E-state index contributed by atoms with van der Waals surface area (Å²) in [5.74, 6) is 0.604. The fourth-order valence-electron chi connectivity index (χ4n) is 2.65. The number of pyridine rings is 1. The molecular weight excluding hydrogens is 288 g/mol. The Morgan fingerprint density at radius 1 is 1.38 bits per heavy atom. The minimum atomic E-state index is 0.0938. The van der Waals surface area contributed by atoms with E-state index in [4.69, 9.17) is 17.0 Å². The van der Waals surface area contributed by atoms with E-state index in [2.05, 4.69) is 9.97 Å². The third kappa shape index (κ3) is 2.78. The van der Waals surface area contributed by atoms with E-state index in [1.165, 1.54) is 6.42 Å². The van der Waals surface area contributed by atoms with Gasteiger partial charge in [0.25, 0.3) is 0 Å². The summed E-state index contributed by atoms with van der Waals surface area (Å²) in [7, 11) is 1.57. The predicted molar refractivity (Wildman–Crippen MR) is 81.9 cm³/mol. The maximum absolute atomic E-state index is 12.4. The maximum atomic E-state index is 12.4. The summed E-state index contributed by atoms with van der Waals surface area (Å²) in [6, 6.07) is 3.63. The molecule has 1 amide bonds. The number of fused-ring (bicyclic) bond motifs is 1. The average Bonchev–Trinajstić information content (AvgIpc) is 2.83. The van der Waals surface area contributed by atoms with Crippen LogP contribution in [0.3, 0.4) is 0 Å². The zero-order valence-electron chi connectivity index (χ0n) is 12.0. The number of aromatic amines is 1. The molecule has 0 saturated carbocycles. The molecule has 3 heterocycles. The van der Waals surface area contributed by atoms with Crippen molar-refractivity contribution in [2.45, 2.75) is 25.8 Å². The topological polar surface area (TPSA) is 63.1 Å². The molecule has 6 nitrogen and oxygen atoms in total. The summed E-state index contributed by atoms with van der Waals surface area (Å²) in [4.78, 5) is 21.8. The van der Waals surface area contributed by atoms with Crippen LogP contribution in [0.15, 0.2) is 12.1 Å². The number of likely N-dealkylation sites (tertiary alicyclic amines) is 1. The number of imidazole rings is 1. The zero-order valence-corrected chi connectivity index (χ0v) is 12.8. The van der Waals surface area contributed by atoms with Gasteiger partial charge >= 0.3 is 0 Å². The molecule has 0 spiro atoms. The second-order valence-corrected chi connectivity index (χ2v) is 5.57. The van der Waals surface area contributed by atoms with Gasteiger partial charge in [0.05, 0.1) is 12.6 Å². The van der Waals surface area contributed by atoms with Crippen molar-refractivity contribution in [1.82, 2.24) is 19.4 Å². The van der Waals surface area contributed by atoms with Crippen molar-refractivity contribution in [3.63, 3.8) is 0 Å². The molecule has 1 aliphatic heterocycles. The van der Waals surface area contributed by atoms with Crippen molar-refractivity contribution in [1.29, 1.82) is 0 Å². The largest absolute Gasteiger partial charge is 0.481 e. The third-order valence-electron chi connectivity index (χ3n) is 3.80. The Morgan fingerprint density at radius 3 is 2.86 bits per heavy atom. The lowest BCUT2D eigenvalue weighted by atomic mass is 10.1. The fraction of sp³-hybridized carbons (Fsp3) is 0.500. The van der Waals surface area contributed by atoms with Crippen LogP contribution in [-0.4, -0.2) is 45.5 Å². The summed E-state index contributed by atoms with van der Waals surface area (Å²) < 4.78 is 7.39. The van der Waals surface area contributed by atoms with Crippen molar-refractivity contribution in [3.8, 4) is 5.88 Å². The van der Waals surface area contributed by atoms with Crippen LogP contribution in [0.25, 0.3) is 11.2 Å². The molecule has 3 rings (SSSR count). The Balaban J connectivity index is 1.90. The number of carbonyl (C=O) groups is 1. The van der Waals surface area contributed by atoms with Crippen molar-refractivity contribution < 1.29 is 9.53 Å². The molecule has 0 atom stereocenters. The first kappa shape index (κ1) is 14.1. The summed E-state index contributed by atoms with van der Waals surface area (Å²) in [5, 5.41) is 0. The number of nitrogens with zero attached hydrogens (tertiary/aromatic N) is 3. The van der Waals surface area contributed by atoms with E-state index in [-0.39, 0.29) is 12.5 Å². The van der Waals surface area contributed by atoms with Crippen LogP contribution in [0.5, 0.6) is 5.88 Å². The Morgan fingerprint density at radius 2 is 2.14 bits per heavy atom. The van der Waals surface area contributed by atoms with Crippen LogP contribution < -0.4 is 4.74 Å². The highest BCUT2D eigenvalue weighted by Crippen LogP contribution is 2.17. The van der Waals surface area contributed by atoms with Crippen LogP contribution >= 0.6 is 12.2 Å². The number of nitrogens with one attached hydrogen (secondary N) is 1. The van der Waals surface area contributed by atoms with E-state index in [1.807, 2.05) is 11.0 Å². The number of hydrogen-bond donors (Lipinski definition) is 1. The van der Waals surface area contributed by atoms with Gasteiger partial charge in [0.2, 0.25) is 11.8 Å². The molecule has 112 valence electrons. The van der Waals surface area contributed by atoms with Crippen molar-refractivity contribution in [3.05, 3.63) is 16.9 Å². The van der Waals surface area contributed by atoms with Gasteiger partial charge in [0, 0.05) is 19.2 Å². The fourth-order valence-corrected chi connectivity index (χ4v) is 2.91. The van der Waals surface area contributed by atoms with E-state index in [9.17, 15) is 4.79 Å². The van der Waals surface area contributed by atoms with Crippen LogP contribution in [0.2, 0.25) is 0 Å². The number of ether oxygens (including phenoxy) is 1. The summed E-state index contributed by atoms with van der Waals surface area (Å²) in [5.41, 5.74) is 1.47. The number of carbonyl (C=O) groups excluding carboxylic acids is 1. The van der Waals surface area contributed by atoms with Gasteiger partial charge < -0.3 is 14.6 Å². The van der Waals surface area contributed by atoms with Crippen molar-refractivity contribution in [2.75, 3.05) is 20.2 Å². The molecule has 1 N–H and O–H groups in total. The highest BCUT2D eigenvalue weighted by molar-refractivity contribution is 7.71. The van der Waals surface area contributed by atoms with Gasteiger partial charge in [-0.3, -0.25) is 9.36 Å². The van der Waals surface area contributed by atoms with E-state index in [0.717, 1.165) is 31.4 Å². The van der Waals surface area contributed by atoms with Crippen LogP contribution in [0.1, 0.15) is 19.3 Å². The van der Waals surface area contributed by atoms with E-state index in [1.54, 1.807) is 17.7 Å². The molecule has 1 fully saturated rings. The standard InChI is InChI=1S/C14H18N4O2S/c1-20-11-6-5-10-13(16-11)18(14(21)15-10)9-12(19)17-7-3-2-4-8-17/h5-6H,2-4,7-9H2,1H3,(H,15,21). The molecule has 0 bridgehead atoms. The lowest BCUT2D eigenvalue weighted by molar-refractivity contribution is -0.132.